The fourth-order valence-electron chi connectivity index (χ4n) is 10.7. The summed E-state index contributed by atoms with van der Waals surface area (Å²) in [6.45, 7) is 0. The standard InChI is InChI=1S/3C25H16N.Ir/c3*1-3-11-21-18(7-1)9-5-13-23(21)20-15-16-25(26-17-20)24-14-6-10-19-8-2-4-12-22(19)24;/h3*1-13,15-17H;/q3*-1;. The quantitative estimate of drug-likeness (QED) is 0.156. The molecule has 0 saturated heterocycles. The first-order valence-electron chi connectivity index (χ1n) is 26.2. The van der Waals surface area contributed by atoms with E-state index >= 15 is 0 Å². The number of fused-ring (bicyclic) bond motifs is 6. The molecule has 4 heteroatoms. The van der Waals surface area contributed by atoms with Crippen LogP contribution in [-0.4, -0.2) is 15.0 Å². The second-order valence-electron chi connectivity index (χ2n) is 19.2. The average Bonchev–Trinajstić information content (AvgIpc) is 3.54. The van der Waals surface area contributed by atoms with E-state index in [4.69, 9.17) is 15.0 Å². The van der Waals surface area contributed by atoms with E-state index in [-0.39, 0.29) is 20.1 Å². The molecule has 0 amide bonds. The molecule has 1 radical (unpaired) electrons. The molecule has 0 aliphatic rings. The molecule has 15 rings (SSSR count). The number of aromatic nitrogens is 3. The molecule has 12 aromatic carbocycles. The Labute approximate surface area is 473 Å². The fourth-order valence-corrected chi connectivity index (χ4v) is 10.7. The van der Waals surface area contributed by atoms with E-state index < -0.39 is 0 Å². The van der Waals surface area contributed by atoms with E-state index in [1.165, 1.54) is 81.3 Å². The van der Waals surface area contributed by atoms with E-state index in [0.717, 1.165) is 50.5 Å². The Bertz CT molecular complexity index is 3810. The van der Waals surface area contributed by atoms with Crippen molar-refractivity contribution in [2.24, 2.45) is 0 Å². The summed E-state index contributed by atoms with van der Waals surface area (Å²) in [7, 11) is 0. The van der Waals surface area contributed by atoms with Gasteiger partial charge in [-0.05, 0) is 82.8 Å². The third-order valence-electron chi connectivity index (χ3n) is 14.5. The molecule has 79 heavy (non-hydrogen) atoms. The van der Waals surface area contributed by atoms with E-state index in [0.29, 0.717) is 0 Å². The van der Waals surface area contributed by atoms with E-state index in [2.05, 4.69) is 273 Å². The van der Waals surface area contributed by atoms with Crippen LogP contribution in [0.4, 0.5) is 0 Å². The van der Waals surface area contributed by atoms with Crippen LogP contribution in [0.3, 0.4) is 0 Å². The van der Waals surface area contributed by atoms with Crippen molar-refractivity contribution in [3.63, 3.8) is 0 Å². The van der Waals surface area contributed by atoms with Gasteiger partial charge in [-0.15, -0.1) is 87.4 Å². The maximum Gasteiger partial charge on any atom is 0.0239 e. The van der Waals surface area contributed by atoms with Crippen LogP contribution in [0.5, 0.6) is 0 Å². The maximum atomic E-state index is 4.75. The maximum absolute atomic E-state index is 4.75. The van der Waals surface area contributed by atoms with Crippen molar-refractivity contribution < 1.29 is 20.1 Å². The summed E-state index contributed by atoms with van der Waals surface area (Å²) in [6.07, 6.45) is 5.90. The molecule has 0 N–H and O–H groups in total. The molecule has 0 bridgehead atoms. The minimum absolute atomic E-state index is 0. The summed E-state index contributed by atoms with van der Waals surface area (Å²) in [5.74, 6) is 0. The van der Waals surface area contributed by atoms with E-state index in [1.807, 2.05) is 36.8 Å². The van der Waals surface area contributed by atoms with E-state index in [9.17, 15) is 0 Å². The molecule has 0 saturated carbocycles. The first kappa shape index (κ1) is 50.1. The van der Waals surface area contributed by atoms with Gasteiger partial charge in [-0.25, -0.2) is 0 Å². The van der Waals surface area contributed by atoms with E-state index in [1.54, 1.807) is 0 Å². The Morgan fingerprint density at radius 3 is 0.722 bits per heavy atom. The zero-order chi connectivity index (χ0) is 52.0. The van der Waals surface area contributed by atoms with Crippen LogP contribution in [0.2, 0.25) is 0 Å². The molecule has 0 aliphatic carbocycles. The molecule has 0 atom stereocenters. The molecule has 3 heterocycles. The number of hydrogen-bond acceptors (Lipinski definition) is 3. The molecule has 0 fully saturated rings. The average molecular weight is 1180 g/mol. The summed E-state index contributed by atoms with van der Waals surface area (Å²) in [6, 6.07) is 105. The van der Waals surface area contributed by atoms with Crippen LogP contribution in [0.15, 0.2) is 292 Å². The Morgan fingerprint density at radius 2 is 0.456 bits per heavy atom. The normalized spacial score (nSPS) is 10.9. The third kappa shape index (κ3) is 10.4. The molecular weight excluding hydrogens is 1140 g/mol. The first-order chi connectivity index (χ1) is 38.7. The smallest absolute Gasteiger partial charge is 0.0239 e. The van der Waals surface area contributed by atoms with Gasteiger partial charge < -0.3 is 15.0 Å². The number of nitrogens with zero attached hydrogens (tertiary/aromatic N) is 3. The topological polar surface area (TPSA) is 38.7 Å². The molecule has 0 unspecified atom stereocenters. The minimum atomic E-state index is 0. The first-order valence-corrected chi connectivity index (χ1v) is 26.2. The zero-order valence-corrected chi connectivity index (χ0v) is 45.3. The monoisotopic (exact) mass is 1180 g/mol. The molecule has 0 aliphatic heterocycles. The van der Waals surface area contributed by atoms with Crippen LogP contribution in [0.1, 0.15) is 0 Å². The van der Waals surface area contributed by atoms with Crippen molar-refractivity contribution in [1.29, 1.82) is 0 Å². The summed E-state index contributed by atoms with van der Waals surface area (Å²) in [5.41, 5.74) is 13.0. The zero-order valence-electron chi connectivity index (χ0n) is 42.9. The van der Waals surface area contributed by atoms with Gasteiger partial charge in [0, 0.05) is 38.7 Å². The summed E-state index contributed by atoms with van der Waals surface area (Å²) < 4.78 is 0. The second kappa shape index (κ2) is 22.9. The molecular formula is C75H48IrN3-3. The molecule has 3 nitrogen and oxygen atoms in total. The Kier molecular flexibility index (Phi) is 14.5. The van der Waals surface area contributed by atoms with Gasteiger partial charge in [0.15, 0.2) is 0 Å². The van der Waals surface area contributed by atoms with Gasteiger partial charge in [0.05, 0.1) is 0 Å². The van der Waals surface area contributed by atoms with Crippen molar-refractivity contribution in [3.8, 4) is 67.2 Å². The SMILES string of the molecule is [Ir].[c-]1ccc2ccccc2c1-c1ccc(-c2cccc3ccccc23)cn1.[c-]1ccc2ccccc2c1-c1ccc(-c2cccc3ccccc23)cn1.[c-]1ccc2ccccc2c1-c1ccc(-c2cccc3ccccc23)cn1. The van der Waals surface area contributed by atoms with Crippen molar-refractivity contribution in [3.05, 3.63) is 310 Å². The van der Waals surface area contributed by atoms with Gasteiger partial charge in [-0.1, -0.05) is 253 Å². The van der Waals surface area contributed by atoms with Crippen molar-refractivity contribution >= 4 is 64.6 Å². The predicted molar refractivity (Wildman–Crippen MR) is 327 cm³/mol. The summed E-state index contributed by atoms with van der Waals surface area (Å²) in [4.78, 5) is 14.3. The van der Waals surface area contributed by atoms with Crippen molar-refractivity contribution in [2.75, 3.05) is 0 Å². The van der Waals surface area contributed by atoms with Gasteiger partial charge in [0.25, 0.3) is 0 Å². The van der Waals surface area contributed by atoms with Crippen LogP contribution >= 0.6 is 0 Å². The Morgan fingerprint density at radius 1 is 0.215 bits per heavy atom. The van der Waals surface area contributed by atoms with Gasteiger partial charge in [0.1, 0.15) is 0 Å². The Hall–Kier alpha value is -9.70. The number of pyridine rings is 3. The summed E-state index contributed by atoms with van der Waals surface area (Å²) in [5, 5.41) is 14.7. The molecule has 0 spiro atoms. The van der Waals surface area contributed by atoms with Gasteiger partial charge >= 0.3 is 0 Å². The second-order valence-corrected chi connectivity index (χ2v) is 19.2. The van der Waals surface area contributed by atoms with Crippen LogP contribution in [0, 0.1) is 18.2 Å². The van der Waals surface area contributed by atoms with Crippen molar-refractivity contribution in [1.82, 2.24) is 15.0 Å². The van der Waals surface area contributed by atoms with Crippen LogP contribution in [-0.2, 0) is 20.1 Å². The van der Waals surface area contributed by atoms with Crippen molar-refractivity contribution in [2.45, 2.75) is 0 Å². The Balaban J connectivity index is 0.000000118. The molecule has 375 valence electrons. The number of rotatable bonds is 6. The number of benzene rings is 12. The number of hydrogen-bond donors (Lipinski definition) is 0. The van der Waals surface area contributed by atoms with Gasteiger partial charge in [0.2, 0.25) is 0 Å². The fraction of sp³-hybridized carbons (Fsp3) is 0. The van der Waals surface area contributed by atoms with Gasteiger partial charge in [-0.3, -0.25) is 0 Å². The van der Waals surface area contributed by atoms with Crippen LogP contribution < -0.4 is 0 Å². The van der Waals surface area contributed by atoms with Gasteiger partial charge in [-0.2, -0.15) is 0 Å². The van der Waals surface area contributed by atoms with Crippen LogP contribution in [0.25, 0.3) is 132 Å². The molecule has 3 aromatic heterocycles. The predicted octanol–water partition coefficient (Wildman–Crippen LogP) is 19.6. The molecule has 15 aromatic rings. The minimum Gasteiger partial charge on any atom is -0.304 e. The third-order valence-corrected chi connectivity index (χ3v) is 14.5. The summed E-state index contributed by atoms with van der Waals surface area (Å²) >= 11 is 0. The largest absolute Gasteiger partial charge is 0.304 e.